The number of carboxylic acids is 1. The number of carbonyl (C=O) groups is 2. The van der Waals surface area contributed by atoms with Crippen molar-refractivity contribution in [1.82, 2.24) is 10.3 Å². The quantitative estimate of drug-likeness (QED) is 0.225. The summed E-state index contributed by atoms with van der Waals surface area (Å²) in [6, 6.07) is 15.0. The molecule has 2 aromatic carbocycles. The topological polar surface area (TPSA) is 88.5 Å². The number of methoxy groups -OCH3 is 1. The van der Waals surface area contributed by atoms with Crippen LogP contribution in [0.25, 0.3) is 22.2 Å². The fraction of sp³-hybridized carbons (Fsp3) is 0.179. The SMILES string of the molecule is C=C/C=C\C(OC)=C(/F)C(CNC(=O)c1c(C)c(-c2ccccc2)nc2ccc(Br)cc12)CC(=O)O. The molecule has 186 valence electrons. The molecule has 1 amide bonds. The van der Waals surface area contributed by atoms with Crippen LogP contribution >= 0.6 is 15.9 Å². The molecule has 0 saturated carbocycles. The van der Waals surface area contributed by atoms with E-state index < -0.39 is 30.0 Å². The average Bonchev–Trinajstić information content (AvgIpc) is 2.86. The third-order valence-electron chi connectivity index (χ3n) is 5.59. The summed E-state index contributed by atoms with van der Waals surface area (Å²) in [6.45, 7) is 5.10. The van der Waals surface area contributed by atoms with E-state index in [0.717, 1.165) is 10.0 Å². The van der Waals surface area contributed by atoms with Crippen LogP contribution < -0.4 is 5.32 Å². The zero-order valence-corrected chi connectivity index (χ0v) is 21.5. The van der Waals surface area contributed by atoms with Crippen LogP contribution in [0, 0.1) is 12.8 Å². The summed E-state index contributed by atoms with van der Waals surface area (Å²) < 4.78 is 21.0. The third kappa shape index (κ3) is 6.26. The number of ether oxygens (including phenoxy) is 1. The number of hydrogen-bond donors (Lipinski definition) is 2. The highest BCUT2D eigenvalue weighted by Crippen LogP contribution is 2.31. The van der Waals surface area contributed by atoms with Gasteiger partial charge in [0.15, 0.2) is 5.76 Å². The number of aromatic nitrogens is 1. The number of carbonyl (C=O) groups excluding carboxylic acids is 1. The minimum atomic E-state index is -1.20. The van der Waals surface area contributed by atoms with E-state index in [9.17, 15) is 14.7 Å². The lowest BCUT2D eigenvalue weighted by atomic mass is 9.96. The van der Waals surface area contributed by atoms with Crippen LogP contribution in [0.4, 0.5) is 4.39 Å². The second kappa shape index (κ2) is 12.3. The van der Waals surface area contributed by atoms with Crippen LogP contribution in [0.5, 0.6) is 0 Å². The summed E-state index contributed by atoms with van der Waals surface area (Å²) in [5, 5.41) is 12.7. The number of benzene rings is 2. The van der Waals surface area contributed by atoms with E-state index in [1.807, 2.05) is 49.4 Å². The van der Waals surface area contributed by atoms with Gasteiger partial charge in [-0.2, -0.15) is 0 Å². The highest BCUT2D eigenvalue weighted by molar-refractivity contribution is 9.10. The predicted octanol–water partition coefficient (Wildman–Crippen LogP) is 6.36. The number of pyridine rings is 1. The summed E-state index contributed by atoms with van der Waals surface area (Å²) in [5.41, 5.74) is 3.17. The van der Waals surface area contributed by atoms with Gasteiger partial charge in [-0.25, -0.2) is 9.37 Å². The molecule has 8 heteroatoms. The Labute approximate surface area is 217 Å². The van der Waals surface area contributed by atoms with Crippen molar-refractivity contribution in [1.29, 1.82) is 0 Å². The Hall–Kier alpha value is -3.78. The predicted molar refractivity (Wildman–Crippen MR) is 142 cm³/mol. The van der Waals surface area contributed by atoms with Crippen LogP contribution in [0.3, 0.4) is 0 Å². The molecule has 0 aliphatic rings. The molecule has 1 aromatic heterocycles. The number of allylic oxidation sites excluding steroid dienone is 3. The van der Waals surface area contributed by atoms with E-state index in [-0.39, 0.29) is 12.3 Å². The molecular weight excluding hydrogens is 527 g/mol. The summed E-state index contributed by atoms with van der Waals surface area (Å²) in [4.78, 5) is 29.7. The van der Waals surface area contributed by atoms with Crippen molar-refractivity contribution < 1.29 is 23.8 Å². The highest BCUT2D eigenvalue weighted by atomic mass is 79.9. The fourth-order valence-electron chi connectivity index (χ4n) is 3.87. The second-order valence-corrected chi connectivity index (χ2v) is 8.92. The van der Waals surface area contributed by atoms with Gasteiger partial charge in [0.2, 0.25) is 0 Å². The largest absolute Gasteiger partial charge is 0.494 e. The number of halogens is 2. The van der Waals surface area contributed by atoms with Crippen molar-refractivity contribution in [3.8, 4) is 11.3 Å². The van der Waals surface area contributed by atoms with Gasteiger partial charge < -0.3 is 15.2 Å². The van der Waals surface area contributed by atoms with Gasteiger partial charge >= 0.3 is 5.97 Å². The Morgan fingerprint density at radius 1 is 1.25 bits per heavy atom. The van der Waals surface area contributed by atoms with Crippen molar-refractivity contribution in [2.45, 2.75) is 13.3 Å². The number of nitrogens with one attached hydrogen (secondary N) is 1. The monoisotopic (exact) mass is 552 g/mol. The van der Waals surface area contributed by atoms with Gasteiger partial charge in [-0.3, -0.25) is 9.59 Å². The molecule has 3 rings (SSSR count). The van der Waals surface area contributed by atoms with Crippen LogP contribution in [0.1, 0.15) is 22.3 Å². The number of amides is 1. The molecule has 0 fully saturated rings. The highest BCUT2D eigenvalue weighted by Gasteiger charge is 2.25. The Bertz CT molecular complexity index is 1350. The minimum absolute atomic E-state index is 0.128. The Balaban J connectivity index is 2.03. The van der Waals surface area contributed by atoms with Crippen molar-refractivity contribution >= 4 is 38.7 Å². The maximum absolute atomic E-state index is 15.2. The molecule has 36 heavy (non-hydrogen) atoms. The zero-order chi connectivity index (χ0) is 26.2. The third-order valence-corrected chi connectivity index (χ3v) is 6.09. The number of carboxylic acid groups (broad SMARTS) is 1. The first-order valence-electron chi connectivity index (χ1n) is 11.1. The number of nitrogens with zero attached hydrogens (tertiary/aromatic N) is 1. The number of hydrogen-bond acceptors (Lipinski definition) is 4. The average molecular weight is 553 g/mol. The van der Waals surface area contributed by atoms with Crippen molar-refractivity contribution in [2.24, 2.45) is 5.92 Å². The van der Waals surface area contributed by atoms with E-state index in [4.69, 9.17) is 9.72 Å². The van der Waals surface area contributed by atoms with Crippen LogP contribution in [-0.2, 0) is 9.53 Å². The summed E-state index contributed by atoms with van der Waals surface area (Å²) in [6.07, 6.45) is 3.74. The first-order chi connectivity index (χ1) is 17.3. The van der Waals surface area contributed by atoms with Gasteiger partial charge in [0.1, 0.15) is 5.83 Å². The maximum atomic E-state index is 15.2. The lowest BCUT2D eigenvalue weighted by Crippen LogP contribution is -2.32. The summed E-state index contributed by atoms with van der Waals surface area (Å²) in [5.74, 6) is -3.70. The summed E-state index contributed by atoms with van der Waals surface area (Å²) >= 11 is 3.45. The molecule has 0 aliphatic heterocycles. The molecule has 0 radical (unpaired) electrons. The maximum Gasteiger partial charge on any atom is 0.304 e. The standard InChI is InChI=1S/C28H26BrFN2O4/c1-4-5-11-23(36-3)26(30)19(14-24(33)34)16-31-28(35)25-17(2)27(18-9-7-6-8-10-18)32-22-13-12-20(29)15-21(22)25/h4-13,15,19H,1,14,16H2,2-3H3,(H,31,35)(H,33,34)/b11-5-,26-23+. The molecule has 0 aliphatic carbocycles. The van der Waals surface area contributed by atoms with E-state index in [2.05, 4.69) is 27.8 Å². The normalized spacial score (nSPS) is 12.8. The second-order valence-electron chi connectivity index (χ2n) is 8.00. The molecule has 0 saturated heterocycles. The Kier molecular flexibility index (Phi) is 9.13. The van der Waals surface area contributed by atoms with Gasteiger partial charge in [-0.05, 0) is 36.8 Å². The summed E-state index contributed by atoms with van der Waals surface area (Å²) in [7, 11) is 1.29. The van der Waals surface area contributed by atoms with Crippen LogP contribution in [0.2, 0.25) is 0 Å². The molecule has 0 spiro atoms. The van der Waals surface area contributed by atoms with Gasteiger partial charge in [0, 0.05) is 27.9 Å². The van der Waals surface area contributed by atoms with Gasteiger partial charge in [0.05, 0.1) is 30.3 Å². The molecule has 3 aromatic rings. The molecule has 1 atom stereocenters. The van der Waals surface area contributed by atoms with E-state index in [0.29, 0.717) is 27.7 Å². The Morgan fingerprint density at radius 3 is 2.61 bits per heavy atom. The Morgan fingerprint density at radius 2 is 1.97 bits per heavy atom. The molecule has 1 unspecified atom stereocenters. The molecule has 0 bridgehead atoms. The molecule has 1 heterocycles. The van der Waals surface area contributed by atoms with Crippen molar-refractivity contribution in [3.63, 3.8) is 0 Å². The lowest BCUT2D eigenvalue weighted by Gasteiger charge is -2.18. The molecule has 2 N–H and O–H groups in total. The fourth-order valence-corrected chi connectivity index (χ4v) is 4.23. The zero-order valence-electron chi connectivity index (χ0n) is 19.9. The van der Waals surface area contributed by atoms with Gasteiger partial charge in [0.25, 0.3) is 5.91 Å². The minimum Gasteiger partial charge on any atom is -0.494 e. The van der Waals surface area contributed by atoms with Crippen molar-refractivity contribution in [2.75, 3.05) is 13.7 Å². The first-order valence-corrected chi connectivity index (χ1v) is 11.9. The number of rotatable bonds is 10. The van der Waals surface area contributed by atoms with Crippen LogP contribution in [0.15, 0.2) is 89.4 Å². The molecular formula is C28H26BrFN2O4. The van der Waals surface area contributed by atoms with E-state index in [1.165, 1.54) is 25.3 Å². The lowest BCUT2D eigenvalue weighted by molar-refractivity contribution is -0.137. The first kappa shape index (κ1) is 26.8. The van der Waals surface area contributed by atoms with E-state index >= 15 is 4.39 Å². The number of fused-ring (bicyclic) bond motifs is 1. The van der Waals surface area contributed by atoms with E-state index in [1.54, 1.807) is 6.07 Å². The number of aliphatic carboxylic acids is 1. The van der Waals surface area contributed by atoms with Gasteiger partial charge in [-0.1, -0.05) is 65.0 Å². The van der Waals surface area contributed by atoms with Crippen molar-refractivity contribution in [3.05, 3.63) is 101 Å². The van der Waals surface area contributed by atoms with Crippen LogP contribution in [-0.4, -0.2) is 35.6 Å². The molecule has 6 nitrogen and oxygen atoms in total. The smallest absolute Gasteiger partial charge is 0.304 e. The van der Waals surface area contributed by atoms with Gasteiger partial charge in [-0.15, -0.1) is 0 Å².